The molecule has 4 heterocycles. The van der Waals surface area contributed by atoms with E-state index < -0.39 is 0 Å². The van der Waals surface area contributed by atoms with Crippen molar-refractivity contribution in [1.82, 2.24) is 0 Å². The van der Waals surface area contributed by atoms with E-state index in [-0.39, 0.29) is 0 Å². The van der Waals surface area contributed by atoms with Gasteiger partial charge in [0, 0.05) is 40.3 Å². The van der Waals surface area contributed by atoms with E-state index in [2.05, 4.69) is 121 Å². The van der Waals surface area contributed by atoms with Crippen LogP contribution in [0, 0.1) is 0 Å². The van der Waals surface area contributed by atoms with Crippen molar-refractivity contribution in [2.75, 3.05) is 0 Å². The summed E-state index contributed by atoms with van der Waals surface area (Å²) in [6.07, 6.45) is 0. The summed E-state index contributed by atoms with van der Waals surface area (Å²) < 4.78 is 11.1. The molecule has 0 nitrogen and oxygen atoms in total. The molecular weight excluding hydrogens is 585 g/mol. The lowest BCUT2D eigenvalue weighted by atomic mass is 9.92. The maximum absolute atomic E-state index is 2.40. The molecule has 4 aromatic heterocycles. The van der Waals surface area contributed by atoms with Crippen LogP contribution in [0.15, 0.2) is 121 Å². The van der Waals surface area contributed by atoms with Crippen LogP contribution in [0.5, 0.6) is 0 Å². The van der Waals surface area contributed by atoms with Crippen LogP contribution >= 0.6 is 45.3 Å². The van der Waals surface area contributed by atoms with Crippen molar-refractivity contribution < 1.29 is 0 Å². The second-order valence-corrected chi connectivity index (χ2v) is 15.1. The minimum atomic E-state index is 1.28. The second kappa shape index (κ2) is 8.73. The molecule has 0 fully saturated rings. The highest BCUT2D eigenvalue weighted by molar-refractivity contribution is 7.37. The molecule has 6 aromatic carbocycles. The van der Waals surface area contributed by atoms with Gasteiger partial charge in [-0.15, -0.1) is 45.3 Å². The van der Waals surface area contributed by atoms with Gasteiger partial charge >= 0.3 is 0 Å². The third kappa shape index (κ3) is 3.26. The third-order valence-electron chi connectivity index (χ3n) is 8.52. The van der Waals surface area contributed by atoms with Gasteiger partial charge < -0.3 is 0 Å². The Morgan fingerprint density at radius 2 is 0.643 bits per heavy atom. The number of fused-ring (bicyclic) bond motifs is 11. The van der Waals surface area contributed by atoms with Gasteiger partial charge in [0.1, 0.15) is 0 Å². The van der Waals surface area contributed by atoms with Crippen LogP contribution in [0.3, 0.4) is 0 Å². The van der Waals surface area contributed by atoms with E-state index >= 15 is 0 Å². The zero-order valence-electron chi connectivity index (χ0n) is 22.2. The van der Waals surface area contributed by atoms with E-state index in [1.807, 2.05) is 45.3 Å². The van der Waals surface area contributed by atoms with Gasteiger partial charge in [-0.05, 0) is 57.3 Å². The molecule has 0 aliphatic carbocycles. The van der Waals surface area contributed by atoms with E-state index in [1.165, 1.54) is 92.2 Å². The Labute approximate surface area is 257 Å². The van der Waals surface area contributed by atoms with Gasteiger partial charge in [0.25, 0.3) is 0 Å². The van der Waals surface area contributed by atoms with Crippen LogP contribution in [-0.4, -0.2) is 0 Å². The van der Waals surface area contributed by atoms with E-state index in [0.29, 0.717) is 0 Å². The first-order valence-electron chi connectivity index (χ1n) is 14.0. The second-order valence-electron chi connectivity index (χ2n) is 10.8. The summed E-state index contributed by atoms with van der Waals surface area (Å²) in [6, 6.07) is 45.2. The van der Waals surface area contributed by atoms with Crippen LogP contribution < -0.4 is 0 Å². The smallest absolute Gasteiger partial charge is 0.0542 e. The van der Waals surface area contributed by atoms with Crippen LogP contribution in [0.4, 0.5) is 0 Å². The fraction of sp³-hybridized carbons (Fsp3) is 0. The molecule has 0 saturated heterocycles. The van der Waals surface area contributed by atoms with Crippen molar-refractivity contribution in [2.45, 2.75) is 0 Å². The summed E-state index contributed by atoms with van der Waals surface area (Å²) in [4.78, 5) is 0. The molecule has 0 unspecified atom stereocenters. The largest absolute Gasteiger partial charge is 0.134 e. The fourth-order valence-electron chi connectivity index (χ4n) is 6.55. The highest BCUT2D eigenvalue weighted by Gasteiger charge is 2.16. The Balaban J connectivity index is 1.13. The van der Waals surface area contributed by atoms with Gasteiger partial charge in [-0.3, -0.25) is 0 Å². The van der Waals surface area contributed by atoms with Crippen LogP contribution in [0.2, 0.25) is 0 Å². The van der Waals surface area contributed by atoms with Crippen molar-refractivity contribution in [3.63, 3.8) is 0 Å². The maximum Gasteiger partial charge on any atom is 0.0542 e. The monoisotopic (exact) mass is 604 g/mol. The summed E-state index contributed by atoms with van der Waals surface area (Å²) >= 11 is 7.69. The Morgan fingerprint density at radius 3 is 1.10 bits per heavy atom. The lowest BCUT2D eigenvalue weighted by Crippen LogP contribution is -1.86. The maximum atomic E-state index is 2.40. The van der Waals surface area contributed by atoms with Gasteiger partial charge in [-0.25, -0.2) is 0 Å². The topological polar surface area (TPSA) is 0 Å². The molecule has 42 heavy (non-hydrogen) atoms. The highest BCUT2D eigenvalue weighted by atomic mass is 32.1. The third-order valence-corrected chi connectivity index (χ3v) is 13.6. The predicted molar refractivity (Wildman–Crippen MR) is 191 cm³/mol. The number of hydrogen-bond donors (Lipinski definition) is 0. The van der Waals surface area contributed by atoms with Crippen LogP contribution in [0.25, 0.3) is 92.2 Å². The molecule has 10 rings (SSSR count). The molecule has 0 atom stereocenters. The summed E-state index contributed by atoms with van der Waals surface area (Å²) in [6.45, 7) is 0. The molecule has 0 bridgehead atoms. The molecule has 0 aliphatic rings. The van der Waals surface area contributed by atoms with E-state index in [4.69, 9.17) is 0 Å². The molecule has 4 heteroatoms. The van der Waals surface area contributed by atoms with Gasteiger partial charge in [0.05, 0.1) is 18.8 Å². The quantitative estimate of drug-likeness (QED) is 0.184. The van der Waals surface area contributed by atoms with E-state index in [1.54, 1.807) is 0 Å². The Kier molecular flexibility index (Phi) is 4.88. The van der Waals surface area contributed by atoms with Gasteiger partial charge in [0.2, 0.25) is 0 Å². The number of benzene rings is 6. The number of rotatable bonds is 2. The molecule has 0 amide bonds. The summed E-state index contributed by atoms with van der Waals surface area (Å²) in [5.41, 5.74) is 5.15. The molecule has 0 aliphatic heterocycles. The van der Waals surface area contributed by atoms with Crippen molar-refractivity contribution in [2.24, 2.45) is 0 Å². The lowest BCUT2D eigenvalue weighted by molar-refractivity contribution is 1.67. The van der Waals surface area contributed by atoms with Gasteiger partial charge in [0.15, 0.2) is 0 Å². The molecule has 0 radical (unpaired) electrons. The van der Waals surface area contributed by atoms with E-state index in [9.17, 15) is 0 Å². The minimum absolute atomic E-state index is 1.28. The molecule has 0 N–H and O–H groups in total. The average molecular weight is 605 g/mol. The first-order chi connectivity index (χ1) is 20.8. The summed E-state index contributed by atoms with van der Waals surface area (Å²) in [5.74, 6) is 0. The number of thiophene rings is 4. The van der Waals surface area contributed by atoms with Crippen molar-refractivity contribution in [3.8, 4) is 22.3 Å². The van der Waals surface area contributed by atoms with Gasteiger partial charge in [-0.1, -0.05) is 97.1 Å². The first-order valence-corrected chi connectivity index (χ1v) is 17.3. The molecule has 196 valence electrons. The summed E-state index contributed by atoms with van der Waals surface area (Å²) in [5, 5.41) is 8.11. The molecule has 0 spiro atoms. The molecule has 0 saturated carbocycles. The van der Waals surface area contributed by atoms with Crippen molar-refractivity contribution >= 4 is 115 Å². The number of hydrogen-bond acceptors (Lipinski definition) is 4. The predicted octanol–water partition coefficient (Wildman–Crippen LogP) is 13.3. The SMILES string of the molecule is c1ccc2c(c1)sc1c3ccc(-c4ccc(-c5ccc6c(c5)sc5c7ccccc7sc65)c5ccccc45)cc3sc21. The standard InChI is InChI=1S/C38H20S4/c1-2-8-26-24(22-14-16-30-34(20-22)42-36-28-10-4-6-12-32(28)40-38(30)36)18-17-23(25(26)7-1)21-13-15-29-33(19-21)41-35-27-9-3-5-11-31(27)39-37(29)35/h1-20H. The zero-order valence-corrected chi connectivity index (χ0v) is 25.4. The molecular formula is C38H20S4. The Hall–Kier alpha value is -4.06. The normalized spacial score (nSPS) is 12.3. The average Bonchev–Trinajstić information content (AvgIpc) is 3.78. The molecule has 10 aromatic rings. The van der Waals surface area contributed by atoms with Crippen molar-refractivity contribution in [1.29, 1.82) is 0 Å². The minimum Gasteiger partial charge on any atom is -0.134 e. The lowest BCUT2D eigenvalue weighted by Gasteiger charge is -2.12. The van der Waals surface area contributed by atoms with Crippen LogP contribution in [-0.2, 0) is 0 Å². The zero-order chi connectivity index (χ0) is 27.4. The Bertz CT molecular complexity index is 2510. The van der Waals surface area contributed by atoms with E-state index in [0.717, 1.165) is 0 Å². The van der Waals surface area contributed by atoms with Crippen molar-refractivity contribution in [3.05, 3.63) is 121 Å². The van der Waals surface area contributed by atoms with Crippen LogP contribution in [0.1, 0.15) is 0 Å². The summed E-state index contributed by atoms with van der Waals surface area (Å²) in [7, 11) is 0. The van der Waals surface area contributed by atoms with Gasteiger partial charge in [-0.2, -0.15) is 0 Å². The first kappa shape index (κ1) is 23.5. The fourth-order valence-corrected chi connectivity index (χ4v) is 11.9. The Morgan fingerprint density at radius 1 is 0.286 bits per heavy atom. The highest BCUT2D eigenvalue weighted by Crippen LogP contribution is 2.47.